The fraction of sp³-hybridized carbons (Fsp3) is 0.294. The Bertz CT molecular complexity index is 901. The lowest BCUT2D eigenvalue weighted by Gasteiger charge is -2.25. The van der Waals surface area contributed by atoms with Crippen LogP contribution in [0.25, 0.3) is 11.1 Å². The van der Waals surface area contributed by atoms with Crippen molar-refractivity contribution < 1.29 is 23.7 Å². The predicted molar refractivity (Wildman–Crippen MR) is 95.2 cm³/mol. The van der Waals surface area contributed by atoms with Crippen LogP contribution in [0.2, 0.25) is 0 Å². The Hall–Kier alpha value is -3.24. The number of nitrogens with zero attached hydrogens (tertiary/aromatic N) is 1. The minimum absolute atomic E-state index is 0.132. The number of primary amides is 1. The van der Waals surface area contributed by atoms with Crippen LogP contribution >= 0.6 is 0 Å². The van der Waals surface area contributed by atoms with Gasteiger partial charge in [-0.25, -0.2) is 0 Å². The van der Waals surface area contributed by atoms with Gasteiger partial charge in [0.1, 0.15) is 4.92 Å². The number of nitro groups is 1. The van der Waals surface area contributed by atoms with Gasteiger partial charge in [-0.05, 0) is 11.6 Å². The van der Waals surface area contributed by atoms with E-state index in [0.717, 1.165) is 18.2 Å². The minimum Gasteiger partial charge on any atom is -0.395 e. The van der Waals surface area contributed by atoms with E-state index in [2.05, 4.69) is 10.6 Å². The summed E-state index contributed by atoms with van der Waals surface area (Å²) < 4.78 is 10.7. The first kappa shape index (κ1) is 18.5. The minimum atomic E-state index is -0.948. The number of anilines is 1. The fourth-order valence-electron chi connectivity index (χ4n) is 2.92. The summed E-state index contributed by atoms with van der Waals surface area (Å²) in [5.41, 5.74) is 6.98. The van der Waals surface area contributed by atoms with Gasteiger partial charge in [-0.15, -0.1) is 0 Å². The maximum Gasteiger partial charge on any atom is 0.434 e. The third-order valence-electron chi connectivity index (χ3n) is 4.07. The molecule has 142 valence electrons. The van der Waals surface area contributed by atoms with Gasteiger partial charge in [0.15, 0.2) is 0 Å². The van der Waals surface area contributed by atoms with E-state index in [1.807, 2.05) is 0 Å². The quantitative estimate of drug-likeness (QED) is 0.531. The normalized spacial score (nSPS) is 16.7. The topological polar surface area (TPSA) is 150 Å². The van der Waals surface area contributed by atoms with Crippen molar-refractivity contribution in [2.24, 2.45) is 5.73 Å². The number of amides is 2. The maximum absolute atomic E-state index is 11.7. The average Bonchev–Trinajstić information content (AvgIpc) is 3.08. The summed E-state index contributed by atoms with van der Waals surface area (Å²) in [6.07, 6.45) is -0.199. The van der Waals surface area contributed by atoms with Gasteiger partial charge in [-0.2, -0.15) is 0 Å². The predicted octanol–water partition coefficient (Wildman–Crippen LogP) is 1.57. The van der Waals surface area contributed by atoms with Gasteiger partial charge >= 0.3 is 5.88 Å². The van der Waals surface area contributed by atoms with Crippen molar-refractivity contribution in [3.8, 4) is 11.1 Å². The van der Waals surface area contributed by atoms with E-state index in [9.17, 15) is 19.7 Å². The second kappa shape index (κ2) is 7.56. The number of furan rings is 1. The van der Waals surface area contributed by atoms with E-state index < -0.39 is 16.7 Å². The second-order valence-electron chi connectivity index (χ2n) is 6.00. The molecule has 0 radical (unpaired) electrons. The Kier molecular flexibility index (Phi) is 5.19. The molecule has 27 heavy (non-hydrogen) atoms. The summed E-state index contributed by atoms with van der Waals surface area (Å²) in [6, 6.07) is 6.22. The smallest absolute Gasteiger partial charge is 0.395 e. The number of carbonyl (C=O) groups excluding carboxylic acids is 2. The summed E-state index contributed by atoms with van der Waals surface area (Å²) in [7, 11) is 0. The lowest BCUT2D eigenvalue weighted by atomic mass is 9.98. The Morgan fingerprint density at radius 2 is 2.11 bits per heavy atom. The average molecular weight is 374 g/mol. The summed E-state index contributed by atoms with van der Waals surface area (Å²) in [5.74, 6) is -2.25. The molecule has 0 saturated carbocycles. The number of ether oxygens (including phenoxy) is 1. The van der Waals surface area contributed by atoms with Gasteiger partial charge < -0.3 is 25.5 Å². The van der Waals surface area contributed by atoms with Crippen LogP contribution in [0.5, 0.6) is 0 Å². The molecule has 3 rings (SSSR count). The molecule has 1 aromatic heterocycles. The van der Waals surface area contributed by atoms with Crippen LogP contribution in [0.3, 0.4) is 0 Å². The zero-order valence-electron chi connectivity index (χ0n) is 14.5. The molecule has 10 nitrogen and oxygen atoms in total. The largest absolute Gasteiger partial charge is 0.434 e. The molecule has 4 N–H and O–H groups in total. The number of rotatable bonds is 5. The van der Waals surface area contributed by atoms with Crippen LogP contribution in [0.15, 0.2) is 28.7 Å². The molecule has 2 heterocycles. The number of nitrogens with two attached hydrogens (primary N) is 1. The van der Waals surface area contributed by atoms with E-state index in [1.54, 1.807) is 18.2 Å². The Balaban J connectivity index is 2.10. The third kappa shape index (κ3) is 3.96. The van der Waals surface area contributed by atoms with Crippen LogP contribution in [0.4, 0.5) is 11.6 Å². The van der Waals surface area contributed by atoms with E-state index in [0.29, 0.717) is 24.4 Å². The molecule has 2 aromatic rings. The van der Waals surface area contributed by atoms with Crippen molar-refractivity contribution >= 4 is 23.4 Å². The lowest BCUT2D eigenvalue weighted by Crippen LogP contribution is -2.33. The molecule has 1 unspecified atom stereocenters. The number of benzene rings is 1. The highest BCUT2D eigenvalue weighted by Gasteiger charge is 2.26. The molecule has 2 amide bonds. The Labute approximate surface area is 153 Å². The van der Waals surface area contributed by atoms with Crippen molar-refractivity contribution in [1.82, 2.24) is 5.32 Å². The number of hydrogen-bond donors (Lipinski definition) is 3. The lowest BCUT2D eigenvalue weighted by molar-refractivity contribution is -0.402. The summed E-state index contributed by atoms with van der Waals surface area (Å²) in [6.45, 7) is 3.26. The van der Waals surface area contributed by atoms with E-state index in [-0.39, 0.29) is 23.3 Å². The zero-order chi connectivity index (χ0) is 19.6. The molecule has 1 saturated heterocycles. The molecule has 0 aliphatic carbocycles. The van der Waals surface area contributed by atoms with Crippen molar-refractivity contribution in [3.63, 3.8) is 0 Å². The van der Waals surface area contributed by atoms with Crippen LogP contribution < -0.4 is 16.4 Å². The summed E-state index contributed by atoms with van der Waals surface area (Å²) >= 11 is 0. The van der Waals surface area contributed by atoms with Crippen molar-refractivity contribution in [3.05, 3.63) is 45.7 Å². The summed E-state index contributed by atoms with van der Waals surface area (Å²) in [4.78, 5) is 33.6. The number of hydrogen-bond acceptors (Lipinski definition) is 7. The highest BCUT2D eigenvalue weighted by molar-refractivity contribution is 6.01. The number of carbonyl (C=O) groups is 2. The Morgan fingerprint density at radius 1 is 1.33 bits per heavy atom. The molecular formula is C17H18N4O6. The summed E-state index contributed by atoms with van der Waals surface area (Å²) in [5, 5.41) is 16.9. The van der Waals surface area contributed by atoms with Crippen molar-refractivity contribution in [1.29, 1.82) is 0 Å². The van der Waals surface area contributed by atoms with E-state index in [1.165, 1.54) is 6.92 Å². The molecule has 1 atom stereocenters. The van der Waals surface area contributed by atoms with E-state index in [4.69, 9.17) is 14.9 Å². The number of morpholine rings is 1. The first-order valence-corrected chi connectivity index (χ1v) is 8.19. The SMILES string of the molecule is CC(=O)Nc1cc(C2CNCCO2)ccc1-c1cc([N+](=O)[O-])oc1C(N)=O. The first-order valence-electron chi connectivity index (χ1n) is 8.19. The molecule has 1 aliphatic rings. The highest BCUT2D eigenvalue weighted by atomic mass is 16.6. The van der Waals surface area contributed by atoms with Gasteiger partial charge in [-0.1, -0.05) is 12.1 Å². The monoisotopic (exact) mass is 374 g/mol. The van der Waals surface area contributed by atoms with Gasteiger partial charge in [0.2, 0.25) is 11.7 Å². The molecule has 1 aromatic carbocycles. The van der Waals surface area contributed by atoms with Gasteiger partial charge in [-0.3, -0.25) is 19.7 Å². The van der Waals surface area contributed by atoms with Gasteiger partial charge in [0, 0.05) is 36.8 Å². The van der Waals surface area contributed by atoms with Gasteiger partial charge in [0.25, 0.3) is 5.91 Å². The van der Waals surface area contributed by atoms with Gasteiger partial charge in [0.05, 0.1) is 18.8 Å². The fourth-order valence-corrected chi connectivity index (χ4v) is 2.92. The molecule has 0 spiro atoms. The third-order valence-corrected chi connectivity index (χ3v) is 4.07. The standard InChI is InChI=1S/C17H18N4O6/c1-9(22)20-13-6-10(14-8-19-4-5-26-14)2-3-11(13)12-7-15(21(24)25)27-16(12)17(18)23/h2-3,6-7,14,19H,4-5,8H2,1H3,(H2,18,23)(H,20,22). The number of nitrogens with one attached hydrogen (secondary N) is 2. The van der Waals surface area contributed by atoms with E-state index >= 15 is 0 Å². The van der Waals surface area contributed by atoms with Crippen molar-refractivity contribution in [2.75, 3.05) is 25.0 Å². The van der Waals surface area contributed by atoms with Crippen LogP contribution in [0.1, 0.15) is 29.1 Å². The molecule has 10 heteroatoms. The van der Waals surface area contributed by atoms with Crippen molar-refractivity contribution in [2.45, 2.75) is 13.0 Å². The highest BCUT2D eigenvalue weighted by Crippen LogP contribution is 2.37. The van der Waals surface area contributed by atoms with Crippen LogP contribution in [0, 0.1) is 10.1 Å². The van der Waals surface area contributed by atoms with Crippen LogP contribution in [-0.4, -0.2) is 36.4 Å². The zero-order valence-corrected chi connectivity index (χ0v) is 14.5. The molecular weight excluding hydrogens is 356 g/mol. The van der Waals surface area contributed by atoms with Crippen LogP contribution in [-0.2, 0) is 9.53 Å². The maximum atomic E-state index is 11.7. The molecule has 1 aliphatic heterocycles. The Morgan fingerprint density at radius 3 is 2.70 bits per heavy atom. The molecule has 0 bridgehead atoms. The molecule has 1 fully saturated rings. The second-order valence-corrected chi connectivity index (χ2v) is 6.00. The first-order chi connectivity index (χ1) is 12.9.